The van der Waals surface area contributed by atoms with Crippen molar-refractivity contribution in [2.24, 2.45) is 0 Å². The minimum Gasteiger partial charge on any atom is -0.493 e. The van der Waals surface area contributed by atoms with E-state index in [9.17, 15) is 9.59 Å². The van der Waals surface area contributed by atoms with E-state index in [2.05, 4.69) is 16.8 Å². The summed E-state index contributed by atoms with van der Waals surface area (Å²) in [6.07, 6.45) is 0.884. The summed E-state index contributed by atoms with van der Waals surface area (Å²) in [5.41, 5.74) is 0.814. The summed E-state index contributed by atoms with van der Waals surface area (Å²) in [6.45, 7) is 0.622. The zero-order chi connectivity index (χ0) is 14.7. The van der Waals surface area contributed by atoms with Crippen molar-refractivity contribution in [3.63, 3.8) is 0 Å². The molecule has 0 saturated carbocycles. The van der Waals surface area contributed by atoms with Crippen LogP contribution in [0.5, 0.6) is 5.75 Å². The second-order valence-electron chi connectivity index (χ2n) is 4.52. The normalized spacial score (nSPS) is 17.8. The van der Waals surface area contributed by atoms with Crippen LogP contribution in [-0.4, -0.2) is 17.8 Å². The van der Waals surface area contributed by atoms with Gasteiger partial charge in [-0.05, 0) is 40.9 Å². The first-order valence-corrected chi connectivity index (χ1v) is 8.25. The van der Waals surface area contributed by atoms with Crippen molar-refractivity contribution in [3.8, 4) is 5.75 Å². The lowest BCUT2D eigenvalue weighted by Gasteiger charge is -2.08. The lowest BCUT2D eigenvalue weighted by Crippen LogP contribution is -2.20. The third kappa shape index (κ3) is 3.46. The molecule has 1 aromatic carbocycles. The molecule has 1 atom stereocenters. The summed E-state index contributed by atoms with van der Waals surface area (Å²) in [5, 5.41) is 3.60. The van der Waals surface area contributed by atoms with Gasteiger partial charge in [-0.3, -0.25) is 14.9 Å². The summed E-state index contributed by atoms with van der Waals surface area (Å²) in [7, 11) is 0. The molecule has 108 valence electrons. The third-order valence-electron chi connectivity index (χ3n) is 3.07. The Hall–Kier alpha value is -1.79. The second-order valence-corrected chi connectivity index (χ2v) is 6.63. The summed E-state index contributed by atoms with van der Waals surface area (Å²) in [5.74, 6) is 0.515. The van der Waals surface area contributed by atoms with Crippen molar-refractivity contribution in [1.29, 1.82) is 0 Å². The van der Waals surface area contributed by atoms with Crippen molar-refractivity contribution >= 4 is 34.2 Å². The van der Waals surface area contributed by atoms with Gasteiger partial charge < -0.3 is 4.74 Å². The smallest absolute Gasteiger partial charge is 0.286 e. The Labute approximate surface area is 130 Å². The molecule has 1 aliphatic heterocycles. The number of carbonyl (C=O) groups excluding carboxylic acids is 2. The number of ether oxygens (including phenoxy) is 1. The van der Waals surface area contributed by atoms with Crippen LogP contribution >= 0.6 is 23.1 Å². The van der Waals surface area contributed by atoms with Gasteiger partial charge in [0.2, 0.25) is 5.91 Å². The zero-order valence-corrected chi connectivity index (χ0v) is 12.7. The maximum atomic E-state index is 11.6. The fourth-order valence-corrected chi connectivity index (χ4v) is 3.56. The summed E-state index contributed by atoms with van der Waals surface area (Å²) < 4.78 is 5.68. The van der Waals surface area contributed by atoms with Crippen LogP contribution in [0.3, 0.4) is 0 Å². The SMILES string of the molecule is O=C1NC(=O)C(c2ccc(OCCc3cccs3)cc2)S1. The van der Waals surface area contributed by atoms with Crippen LogP contribution < -0.4 is 10.1 Å². The summed E-state index contributed by atoms with van der Waals surface area (Å²) in [4.78, 5) is 24.1. The molecule has 2 amide bonds. The van der Waals surface area contributed by atoms with Crippen LogP contribution in [0.15, 0.2) is 41.8 Å². The molecule has 1 saturated heterocycles. The number of benzene rings is 1. The topological polar surface area (TPSA) is 55.4 Å². The standard InChI is InChI=1S/C15H13NO3S2/c17-14-13(21-15(18)16-14)10-3-5-11(6-4-10)19-8-7-12-2-1-9-20-12/h1-6,9,13H,7-8H2,(H,16,17,18). The van der Waals surface area contributed by atoms with E-state index >= 15 is 0 Å². The highest BCUT2D eigenvalue weighted by Crippen LogP contribution is 2.34. The Bertz CT molecular complexity index is 637. The summed E-state index contributed by atoms with van der Waals surface area (Å²) in [6, 6.07) is 11.4. The Kier molecular flexibility index (Phi) is 4.26. The van der Waals surface area contributed by atoms with Gasteiger partial charge in [0.05, 0.1) is 6.61 Å². The third-order valence-corrected chi connectivity index (χ3v) is 5.04. The van der Waals surface area contributed by atoms with Crippen molar-refractivity contribution in [3.05, 3.63) is 52.2 Å². The van der Waals surface area contributed by atoms with E-state index < -0.39 is 5.25 Å². The van der Waals surface area contributed by atoms with Gasteiger partial charge >= 0.3 is 0 Å². The monoisotopic (exact) mass is 319 g/mol. The molecular weight excluding hydrogens is 306 g/mol. The van der Waals surface area contributed by atoms with Crippen LogP contribution in [0.1, 0.15) is 15.7 Å². The number of hydrogen-bond acceptors (Lipinski definition) is 5. The molecule has 3 rings (SSSR count). The van der Waals surface area contributed by atoms with Crippen molar-refractivity contribution in [2.75, 3.05) is 6.61 Å². The fraction of sp³-hybridized carbons (Fsp3) is 0.200. The van der Waals surface area contributed by atoms with Crippen LogP contribution in [0, 0.1) is 0 Å². The summed E-state index contributed by atoms with van der Waals surface area (Å²) >= 11 is 2.73. The molecular formula is C15H13NO3S2. The van der Waals surface area contributed by atoms with Gasteiger partial charge in [0.15, 0.2) is 0 Å². The molecule has 1 N–H and O–H groups in total. The molecule has 0 spiro atoms. The van der Waals surface area contributed by atoms with E-state index in [0.717, 1.165) is 29.5 Å². The Balaban J connectivity index is 1.56. The fourth-order valence-electron chi connectivity index (χ4n) is 2.04. The lowest BCUT2D eigenvalue weighted by atomic mass is 10.1. The number of thioether (sulfide) groups is 1. The maximum absolute atomic E-state index is 11.6. The van der Waals surface area contributed by atoms with Gasteiger partial charge in [-0.1, -0.05) is 18.2 Å². The molecule has 4 nitrogen and oxygen atoms in total. The number of hydrogen-bond donors (Lipinski definition) is 1. The average molecular weight is 319 g/mol. The average Bonchev–Trinajstić information content (AvgIpc) is 3.09. The molecule has 21 heavy (non-hydrogen) atoms. The molecule has 0 radical (unpaired) electrons. The number of carbonyl (C=O) groups is 2. The Morgan fingerprint density at radius 3 is 2.57 bits per heavy atom. The van der Waals surface area contributed by atoms with E-state index in [0.29, 0.717) is 6.61 Å². The molecule has 1 aliphatic rings. The highest BCUT2D eigenvalue weighted by molar-refractivity contribution is 8.15. The predicted octanol–water partition coefficient (Wildman–Crippen LogP) is 3.39. The highest BCUT2D eigenvalue weighted by Gasteiger charge is 2.32. The minimum absolute atomic E-state index is 0.253. The van der Waals surface area contributed by atoms with Gasteiger partial charge in [0.1, 0.15) is 11.0 Å². The first-order valence-electron chi connectivity index (χ1n) is 6.49. The van der Waals surface area contributed by atoms with Crippen LogP contribution in [0.25, 0.3) is 0 Å². The quantitative estimate of drug-likeness (QED) is 0.918. The van der Waals surface area contributed by atoms with E-state index in [1.54, 1.807) is 11.3 Å². The molecule has 6 heteroatoms. The number of amides is 2. The van der Waals surface area contributed by atoms with E-state index in [-0.39, 0.29) is 11.1 Å². The van der Waals surface area contributed by atoms with Crippen molar-refractivity contribution < 1.29 is 14.3 Å². The number of nitrogens with one attached hydrogen (secondary N) is 1. The maximum Gasteiger partial charge on any atom is 0.286 e. The Morgan fingerprint density at radius 1 is 1.14 bits per heavy atom. The second kappa shape index (κ2) is 6.32. The van der Waals surface area contributed by atoms with E-state index in [1.807, 2.05) is 30.3 Å². The van der Waals surface area contributed by atoms with Gasteiger partial charge in [-0.25, -0.2) is 0 Å². The Morgan fingerprint density at radius 2 is 1.95 bits per heavy atom. The van der Waals surface area contributed by atoms with Crippen LogP contribution in [0.2, 0.25) is 0 Å². The molecule has 2 heterocycles. The molecule has 1 aromatic heterocycles. The number of thiophene rings is 1. The van der Waals surface area contributed by atoms with E-state index in [4.69, 9.17) is 4.74 Å². The van der Waals surface area contributed by atoms with Crippen LogP contribution in [0.4, 0.5) is 4.79 Å². The molecule has 0 bridgehead atoms. The van der Waals surface area contributed by atoms with E-state index in [1.165, 1.54) is 4.88 Å². The van der Waals surface area contributed by atoms with Gasteiger partial charge in [-0.15, -0.1) is 11.3 Å². The van der Waals surface area contributed by atoms with Crippen molar-refractivity contribution in [1.82, 2.24) is 5.32 Å². The lowest BCUT2D eigenvalue weighted by molar-refractivity contribution is -0.119. The first-order chi connectivity index (χ1) is 10.2. The molecule has 1 unspecified atom stereocenters. The minimum atomic E-state index is -0.447. The van der Waals surface area contributed by atoms with Gasteiger partial charge in [0.25, 0.3) is 5.24 Å². The van der Waals surface area contributed by atoms with Crippen molar-refractivity contribution in [2.45, 2.75) is 11.7 Å². The zero-order valence-electron chi connectivity index (χ0n) is 11.1. The predicted molar refractivity (Wildman–Crippen MR) is 83.8 cm³/mol. The molecule has 0 aliphatic carbocycles. The number of imide groups is 1. The highest BCUT2D eigenvalue weighted by atomic mass is 32.2. The number of rotatable bonds is 5. The molecule has 1 fully saturated rings. The largest absolute Gasteiger partial charge is 0.493 e. The molecule has 2 aromatic rings. The van der Waals surface area contributed by atoms with Gasteiger partial charge in [-0.2, -0.15) is 0 Å². The van der Waals surface area contributed by atoms with Crippen LogP contribution in [-0.2, 0) is 11.2 Å². The first kappa shape index (κ1) is 14.2. The van der Waals surface area contributed by atoms with Gasteiger partial charge in [0, 0.05) is 11.3 Å².